The van der Waals surface area contributed by atoms with Crippen LogP contribution in [0.3, 0.4) is 0 Å². The van der Waals surface area contributed by atoms with Gasteiger partial charge in [-0.15, -0.1) is 0 Å². The molecule has 0 saturated heterocycles. The lowest BCUT2D eigenvalue weighted by molar-refractivity contribution is 0.600. The van der Waals surface area contributed by atoms with Gasteiger partial charge in [0.15, 0.2) is 0 Å². The Morgan fingerprint density at radius 3 is 2.56 bits per heavy atom. The summed E-state index contributed by atoms with van der Waals surface area (Å²) in [6.45, 7) is 2.19. The van der Waals surface area contributed by atoms with E-state index in [0.717, 1.165) is 6.16 Å². The van der Waals surface area contributed by atoms with Crippen LogP contribution in [0.4, 0.5) is 4.39 Å². The van der Waals surface area contributed by atoms with Crippen LogP contribution in [0.5, 0.6) is 0 Å². The van der Waals surface area contributed by atoms with Gasteiger partial charge in [0.2, 0.25) is 0 Å². The standard InChI is InChI=1S/C7H16FP/c1-2-3-4-5-6-9-7-8/h9H,2-7H2,1H3. The number of halogens is 1. The first-order chi connectivity index (χ1) is 4.41. The molecule has 0 spiro atoms. The maximum absolute atomic E-state index is 11.5. The van der Waals surface area contributed by atoms with Crippen molar-refractivity contribution in [3.05, 3.63) is 0 Å². The maximum atomic E-state index is 11.5. The van der Waals surface area contributed by atoms with Crippen molar-refractivity contribution in [2.75, 3.05) is 12.6 Å². The molecule has 0 fully saturated rings. The molecule has 0 aliphatic heterocycles. The lowest BCUT2D eigenvalue weighted by atomic mass is 10.2. The highest BCUT2D eigenvalue weighted by Crippen LogP contribution is 2.13. The number of unbranched alkanes of at least 4 members (excludes halogenated alkanes) is 3. The van der Waals surface area contributed by atoms with Gasteiger partial charge in [0, 0.05) is 0 Å². The summed E-state index contributed by atoms with van der Waals surface area (Å²) in [4.78, 5) is 0. The van der Waals surface area contributed by atoms with Crippen molar-refractivity contribution < 1.29 is 4.39 Å². The Hall–Kier alpha value is 0.360. The Bertz CT molecular complexity index is 42.2. The molecule has 0 heterocycles. The molecule has 2 heteroatoms. The quantitative estimate of drug-likeness (QED) is 0.403. The van der Waals surface area contributed by atoms with Crippen molar-refractivity contribution in [3.8, 4) is 0 Å². The summed E-state index contributed by atoms with van der Waals surface area (Å²) in [5.41, 5.74) is 0. The largest absolute Gasteiger partial charge is 0.246 e. The molecule has 0 aromatic heterocycles. The first-order valence-electron chi connectivity index (χ1n) is 3.68. The SMILES string of the molecule is CCCCCCPCF. The van der Waals surface area contributed by atoms with Gasteiger partial charge in [0.1, 0.15) is 6.42 Å². The predicted octanol–water partition coefficient (Wildman–Crippen LogP) is 3.17. The fraction of sp³-hybridized carbons (Fsp3) is 1.00. The highest BCUT2D eigenvalue weighted by Gasteiger charge is 1.86. The molecule has 1 unspecified atom stereocenters. The summed E-state index contributed by atoms with van der Waals surface area (Å²) >= 11 is 0. The van der Waals surface area contributed by atoms with Crippen molar-refractivity contribution in [2.45, 2.75) is 32.6 Å². The van der Waals surface area contributed by atoms with E-state index in [1.807, 2.05) is 0 Å². The lowest BCUT2D eigenvalue weighted by Crippen LogP contribution is -1.77. The third-order valence-electron chi connectivity index (χ3n) is 1.30. The van der Waals surface area contributed by atoms with E-state index >= 15 is 0 Å². The van der Waals surface area contributed by atoms with Crippen molar-refractivity contribution in [2.24, 2.45) is 0 Å². The molecule has 0 aromatic carbocycles. The molecule has 9 heavy (non-hydrogen) atoms. The van der Waals surface area contributed by atoms with E-state index in [0.29, 0.717) is 8.58 Å². The Balaban J connectivity index is 2.60. The van der Waals surface area contributed by atoms with Gasteiger partial charge in [-0.05, 0) is 12.6 Å². The number of alkyl halides is 1. The third-order valence-corrected chi connectivity index (χ3v) is 2.20. The molecule has 0 saturated carbocycles. The summed E-state index contributed by atoms with van der Waals surface area (Å²) in [5, 5.41) is 0. The number of hydrogen-bond donors (Lipinski definition) is 0. The molecule has 0 amide bonds. The van der Waals surface area contributed by atoms with Crippen LogP contribution in [0.25, 0.3) is 0 Å². The van der Waals surface area contributed by atoms with Crippen LogP contribution in [-0.2, 0) is 0 Å². The molecule has 0 rings (SSSR count). The minimum absolute atomic E-state index is 0.105. The fourth-order valence-electron chi connectivity index (χ4n) is 0.744. The lowest BCUT2D eigenvalue weighted by Gasteiger charge is -1.95. The highest BCUT2D eigenvalue weighted by atomic mass is 31.1. The zero-order valence-corrected chi connectivity index (χ0v) is 7.12. The summed E-state index contributed by atoms with van der Waals surface area (Å²) in [7, 11) is 0.559. The normalized spacial score (nSPS) is 11.3. The summed E-state index contributed by atoms with van der Waals surface area (Å²) < 4.78 is 11.5. The van der Waals surface area contributed by atoms with Crippen LogP contribution in [0.15, 0.2) is 0 Å². The van der Waals surface area contributed by atoms with Crippen LogP contribution in [-0.4, -0.2) is 12.6 Å². The van der Waals surface area contributed by atoms with Gasteiger partial charge in [0.05, 0.1) is 0 Å². The first-order valence-corrected chi connectivity index (χ1v) is 5.10. The van der Waals surface area contributed by atoms with Crippen LogP contribution in [0, 0.1) is 0 Å². The fourth-order valence-corrected chi connectivity index (χ4v) is 1.38. The minimum Gasteiger partial charge on any atom is -0.246 e. The molecule has 0 aliphatic rings. The van der Waals surface area contributed by atoms with E-state index in [1.165, 1.54) is 25.7 Å². The first kappa shape index (κ1) is 9.36. The van der Waals surface area contributed by atoms with E-state index in [1.54, 1.807) is 0 Å². The van der Waals surface area contributed by atoms with Crippen LogP contribution < -0.4 is 0 Å². The van der Waals surface area contributed by atoms with Gasteiger partial charge < -0.3 is 0 Å². The zero-order chi connectivity index (χ0) is 6.95. The van der Waals surface area contributed by atoms with E-state index in [9.17, 15) is 4.39 Å². The van der Waals surface area contributed by atoms with Gasteiger partial charge in [-0.25, -0.2) is 4.39 Å². The molecule has 0 aromatic rings. The summed E-state index contributed by atoms with van der Waals surface area (Å²) in [6, 6.07) is 0. The predicted molar refractivity (Wildman–Crippen MR) is 43.3 cm³/mol. The molecule has 0 aliphatic carbocycles. The molecule has 0 radical (unpaired) electrons. The topological polar surface area (TPSA) is 0 Å². The summed E-state index contributed by atoms with van der Waals surface area (Å²) in [5.74, 6) is 0. The summed E-state index contributed by atoms with van der Waals surface area (Å²) in [6.07, 6.45) is 6.12. The minimum atomic E-state index is -0.105. The van der Waals surface area contributed by atoms with E-state index in [-0.39, 0.29) is 6.42 Å². The van der Waals surface area contributed by atoms with Gasteiger partial charge >= 0.3 is 0 Å². The van der Waals surface area contributed by atoms with Crippen LogP contribution in [0.2, 0.25) is 0 Å². The van der Waals surface area contributed by atoms with Crippen molar-refractivity contribution in [3.63, 3.8) is 0 Å². The maximum Gasteiger partial charge on any atom is 0.106 e. The Kier molecular flexibility index (Phi) is 8.69. The Morgan fingerprint density at radius 1 is 1.22 bits per heavy atom. The zero-order valence-electron chi connectivity index (χ0n) is 6.12. The molecule has 0 nitrogen and oxygen atoms in total. The van der Waals surface area contributed by atoms with Gasteiger partial charge in [-0.2, -0.15) is 0 Å². The Labute approximate surface area is 59.0 Å². The second-order valence-corrected chi connectivity index (χ2v) is 3.46. The molecule has 56 valence electrons. The van der Waals surface area contributed by atoms with E-state index in [4.69, 9.17) is 0 Å². The smallest absolute Gasteiger partial charge is 0.106 e. The van der Waals surface area contributed by atoms with Gasteiger partial charge in [-0.1, -0.05) is 34.8 Å². The van der Waals surface area contributed by atoms with Crippen molar-refractivity contribution in [1.29, 1.82) is 0 Å². The molecule has 0 N–H and O–H groups in total. The van der Waals surface area contributed by atoms with Crippen LogP contribution in [0.1, 0.15) is 32.6 Å². The van der Waals surface area contributed by atoms with Gasteiger partial charge in [0.25, 0.3) is 0 Å². The van der Waals surface area contributed by atoms with Gasteiger partial charge in [-0.3, -0.25) is 0 Å². The molecular weight excluding hydrogens is 134 g/mol. The third kappa shape index (κ3) is 8.36. The van der Waals surface area contributed by atoms with Crippen molar-refractivity contribution in [1.82, 2.24) is 0 Å². The second-order valence-electron chi connectivity index (χ2n) is 2.19. The average molecular weight is 150 g/mol. The monoisotopic (exact) mass is 150 g/mol. The Morgan fingerprint density at radius 2 is 2.00 bits per heavy atom. The number of hydrogen-bond acceptors (Lipinski definition) is 0. The number of rotatable bonds is 6. The average Bonchev–Trinajstić information content (AvgIpc) is 1.89. The van der Waals surface area contributed by atoms with Crippen molar-refractivity contribution >= 4 is 8.58 Å². The van der Waals surface area contributed by atoms with Crippen LogP contribution >= 0.6 is 8.58 Å². The molecule has 1 atom stereocenters. The second kappa shape index (κ2) is 8.36. The van der Waals surface area contributed by atoms with E-state index < -0.39 is 0 Å². The van der Waals surface area contributed by atoms with E-state index in [2.05, 4.69) is 6.92 Å². The molecule has 0 bridgehead atoms. The highest BCUT2D eigenvalue weighted by molar-refractivity contribution is 7.37. The molecular formula is C7H16FP.